The second-order valence-electron chi connectivity index (χ2n) is 4.50. The summed E-state index contributed by atoms with van der Waals surface area (Å²) in [5.41, 5.74) is 6.59. The predicted octanol–water partition coefficient (Wildman–Crippen LogP) is 6.52. The molecule has 0 fully saturated rings. The summed E-state index contributed by atoms with van der Waals surface area (Å²) in [6.07, 6.45) is 2.26. The van der Waals surface area contributed by atoms with Crippen LogP contribution in [0.1, 0.15) is 56.9 Å². The molecule has 1 heteroatoms. The Labute approximate surface area is 143 Å². The summed E-state index contributed by atoms with van der Waals surface area (Å²) in [5, 5.41) is 7.00. The van der Waals surface area contributed by atoms with Gasteiger partial charge in [0.1, 0.15) is 0 Å². The zero-order valence-electron chi connectivity index (χ0n) is 16.1. The van der Waals surface area contributed by atoms with Crippen molar-refractivity contribution in [2.75, 3.05) is 7.11 Å². The first-order chi connectivity index (χ1) is 11.2. The van der Waals surface area contributed by atoms with E-state index in [2.05, 4.69) is 75.4 Å². The summed E-state index contributed by atoms with van der Waals surface area (Å²) in [5.74, 6) is 0. The third-order valence-corrected chi connectivity index (χ3v) is 3.13. The largest absolute Gasteiger partial charge is 0.400 e. The number of aliphatic hydroxyl groups excluding tert-OH is 1. The van der Waals surface area contributed by atoms with Crippen LogP contribution in [0.5, 0.6) is 0 Å². The Balaban J connectivity index is 0. The molecule has 0 aromatic heterocycles. The Morgan fingerprint density at radius 1 is 0.739 bits per heavy atom. The molecule has 0 aliphatic carbocycles. The van der Waals surface area contributed by atoms with Crippen molar-refractivity contribution in [2.24, 2.45) is 0 Å². The van der Waals surface area contributed by atoms with Crippen molar-refractivity contribution in [2.45, 2.75) is 48.5 Å². The third kappa shape index (κ3) is 8.37. The van der Waals surface area contributed by atoms with Gasteiger partial charge >= 0.3 is 0 Å². The van der Waals surface area contributed by atoms with Crippen LogP contribution in [0.2, 0.25) is 0 Å². The SMILES string of the molecule is C/C(=C/c1ccccc1C)c1ccccc1C.CC.CC.CO. The molecule has 0 heterocycles. The summed E-state index contributed by atoms with van der Waals surface area (Å²) >= 11 is 0. The number of hydrogen-bond acceptors (Lipinski definition) is 1. The van der Waals surface area contributed by atoms with Crippen molar-refractivity contribution in [3.05, 3.63) is 70.8 Å². The standard InChI is InChI=1S/C17H18.2C2H6.CH4O/c1-13-8-4-6-10-16(13)12-15(3)17-11-7-5-9-14(17)2;3*1-2/h4-12H,1-3H3;2*1-2H3;2H,1H3/b15-12-;;;. The van der Waals surface area contributed by atoms with E-state index in [1.54, 1.807) is 0 Å². The highest BCUT2D eigenvalue weighted by Gasteiger charge is 2.00. The zero-order chi connectivity index (χ0) is 18.3. The first kappa shape index (κ1) is 23.4. The fourth-order valence-corrected chi connectivity index (χ4v) is 2.08. The van der Waals surface area contributed by atoms with Gasteiger partial charge in [-0.05, 0) is 48.6 Å². The quantitative estimate of drug-likeness (QED) is 0.625. The summed E-state index contributed by atoms with van der Waals surface area (Å²) in [6, 6.07) is 17.0. The number of hydrogen-bond donors (Lipinski definition) is 1. The lowest BCUT2D eigenvalue weighted by molar-refractivity contribution is 0.399. The number of allylic oxidation sites excluding steroid dienone is 1. The van der Waals surface area contributed by atoms with Gasteiger partial charge in [0, 0.05) is 7.11 Å². The molecule has 0 aliphatic heterocycles. The molecule has 0 bridgehead atoms. The highest BCUT2D eigenvalue weighted by Crippen LogP contribution is 2.22. The van der Waals surface area contributed by atoms with E-state index in [-0.39, 0.29) is 0 Å². The maximum atomic E-state index is 7.00. The molecule has 1 N–H and O–H groups in total. The fraction of sp³-hybridized carbons (Fsp3) is 0.364. The van der Waals surface area contributed by atoms with E-state index in [0.29, 0.717) is 0 Å². The van der Waals surface area contributed by atoms with Crippen molar-refractivity contribution in [1.82, 2.24) is 0 Å². The summed E-state index contributed by atoms with van der Waals surface area (Å²) in [4.78, 5) is 0. The molecule has 2 aromatic rings. The first-order valence-corrected chi connectivity index (χ1v) is 8.43. The third-order valence-electron chi connectivity index (χ3n) is 3.13. The van der Waals surface area contributed by atoms with Crippen LogP contribution in [0.3, 0.4) is 0 Å². The molecule has 0 spiro atoms. The van der Waals surface area contributed by atoms with Crippen LogP contribution in [0.15, 0.2) is 48.5 Å². The van der Waals surface area contributed by atoms with Crippen LogP contribution in [-0.2, 0) is 0 Å². The van der Waals surface area contributed by atoms with Crippen LogP contribution in [0, 0.1) is 13.8 Å². The molecule has 23 heavy (non-hydrogen) atoms. The fourth-order valence-electron chi connectivity index (χ4n) is 2.08. The van der Waals surface area contributed by atoms with Gasteiger partial charge in [-0.25, -0.2) is 0 Å². The normalized spacial score (nSPS) is 9.35. The molecule has 0 amide bonds. The maximum Gasteiger partial charge on any atom is 0.0319 e. The van der Waals surface area contributed by atoms with E-state index in [9.17, 15) is 0 Å². The second kappa shape index (κ2) is 15.1. The van der Waals surface area contributed by atoms with Gasteiger partial charge < -0.3 is 5.11 Å². The van der Waals surface area contributed by atoms with Crippen LogP contribution >= 0.6 is 0 Å². The van der Waals surface area contributed by atoms with Crippen LogP contribution < -0.4 is 0 Å². The minimum Gasteiger partial charge on any atom is -0.400 e. The average molecular weight is 315 g/mol. The average Bonchev–Trinajstić information content (AvgIpc) is 2.62. The van der Waals surface area contributed by atoms with Crippen LogP contribution in [0.25, 0.3) is 11.6 Å². The van der Waals surface area contributed by atoms with Crippen molar-refractivity contribution in [3.63, 3.8) is 0 Å². The van der Waals surface area contributed by atoms with E-state index < -0.39 is 0 Å². The van der Waals surface area contributed by atoms with Gasteiger partial charge in [0.2, 0.25) is 0 Å². The Morgan fingerprint density at radius 2 is 1.17 bits per heavy atom. The van der Waals surface area contributed by atoms with E-state index in [0.717, 1.165) is 7.11 Å². The highest BCUT2D eigenvalue weighted by molar-refractivity contribution is 5.82. The number of benzene rings is 2. The van der Waals surface area contributed by atoms with Crippen molar-refractivity contribution >= 4 is 11.6 Å². The topological polar surface area (TPSA) is 20.2 Å². The van der Waals surface area contributed by atoms with Crippen molar-refractivity contribution in [1.29, 1.82) is 0 Å². The molecule has 0 radical (unpaired) electrons. The van der Waals surface area contributed by atoms with Gasteiger partial charge in [-0.2, -0.15) is 0 Å². The Kier molecular flexibility index (Phi) is 15.3. The summed E-state index contributed by atoms with van der Waals surface area (Å²) in [7, 11) is 1.00. The smallest absolute Gasteiger partial charge is 0.0319 e. The minimum atomic E-state index is 1.00. The lowest BCUT2D eigenvalue weighted by Crippen LogP contribution is -1.86. The van der Waals surface area contributed by atoms with E-state index in [1.165, 1.54) is 27.8 Å². The Bertz CT molecular complexity index is 553. The van der Waals surface area contributed by atoms with E-state index in [1.807, 2.05) is 27.7 Å². The first-order valence-electron chi connectivity index (χ1n) is 8.43. The van der Waals surface area contributed by atoms with Crippen LogP contribution in [0.4, 0.5) is 0 Å². The number of aliphatic hydroxyl groups is 1. The van der Waals surface area contributed by atoms with Crippen LogP contribution in [-0.4, -0.2) is 12.2 Å². The van der Waals surface area contributed by atoms with E-state index in [4.69, 9.17) is 5.11 Å². The second-order valence-corrected chi connectivity index (χ2v) is 4.50. The number of aryl methyl sites for hydroxylation is 2. The molecule has 1 nitrogen and oxygen atoms in total. The maximum absolute atomic E-state index is 7.00. The summed E-state index contributed by atoms with van der Waals surface area (Å²) in [6.45, 7) is 14.5. The lowest BCUT2D eigenvalue weighted by atomic mass is 9.98. The summed E-state index contributed by atoms with van der Waals surface area (Å²) < 4.78 is 0. The van der Waals surface area contributed by atoms with Gasteiger partial charge in [-0.1, -0.05) is 82.3 Å². The molecule has 2 aromatic carbocycles. The predicted molar refractivity (Wildman–Crippen MR) is 107 cm³/mol. The van der Waals surface area contributed by atoms with Gasteiger partial charge in [-0.15, -0.1) is 0 Å². The van der Waals surface area contributed by atoms with Crippen molar-refractivity contribution in [3.8, 4) is 0 Å². The molecule has 0 saturated carbocycles. The molecular weight excluding hydrogens is 280 g/mol. The zero-order valence-corrected chi connectivity index (χ0v) is 16.1. The Hall–Kier alpha value is -1.86. The molecule has 128 valence electrons. The Morgan fingerprint density at radius 3 is 1.65 bits per heavy atom. The lowest BCUT2D eigenvalue weighted by Gasteiger charge is -2.07. The van der Waals surface area contributed by atoms with Gasteiger partial charge in [0.25, 0.3) is 0 Å². The minimum absolute atomic E-state index is 1.00. The van der Waals surface area contributed by atoms with Crippen molar-refractivity contribution < 1.29 is 5.11 Å². The molecule has 0 saturated heterocycles. The van der Waals surface area contributed by atoms with Gasteiger partial charge in [0.05, 0.1) is 0 Å². The van der Waals surface area contributed by atoms with E-state index >= 15 is 0 Å². The van der Waals surface area contributed by atoms with Gasteiger partial charge in [0.15, 0.2) is 0 Å². The molecular formula is C22H34O. The molecule has 0 atom stereocenters. The number of rotatable bonds is 2. The van der Waals surface area contributed by atoms with Gasteiger partial charge in [-0.3, -0.25) is 0 Å². The molecule has 0 unspecified atom stereocenters. The molecule has 0 aliphatic rings. The monoisotopic (exact) mass is 314 g/mol. The highest BCUT2D eigenvalue weighted by atomic mass is 16.2. The molecule has 2 rings (SSSR count).